The lowest BCUT2D eigenvalue weighted by atomic mass is 9.98. The summed E-state index contributed by atoms with van der Waals surface area (Å²) < 4.78 is 7.19. The van der Waals surface area contributed by atoms with Crippen molar-refractivity contribution in [3.05, 3.63) is 83.2 Å². The number of imidazole rings is 1. The summed E-state index contributed by atoms with van der Waals surface area (Å²) in [6.07, 6.45) is 1.94. The van der Waals surface area contributed by atoms with Gasteiger partial charge in [0, 0.05) is 18.7 Å². The van der Waals surface area contributed by atoms with E-state index in [9.17, 15) is 4.79 Å². The number of carbonyl (C=O) groups is 1. The minimum atomic E-state index is -0.332. The van der Waals surface area contributed by atoms with E-state index < -0.39 is 0 Å². The fourth-order valence-electron chi connectivity index (χ4n) is 4.05. The molecule has 1 aromatic heterocycles. The summed E-state index contributed by atoms with van der Waals surface area (Å²) in [6, 6.07) is 19.8. The molecule has 5 nitrogen and oxygen atoms in total. The lowest BCUT2D eigenvalue weighted by molar-refractivity contribution is 0.0601. The van der Waals surface area contributed by atoms with E-state index in [0.717, 1.165) is 57.6 Å². The van der Waals surface area contributed by atoms with Gasteiger partial charge in [-0.25, -0.2) is 9.78 Å². The molecule has 0 atom stereocenters. The standard InChI is InChI=1S/C26H27N3O2/c1-4-7-24-28-25-17(2)14-20(27)15-23(25)29(24)16-18-10-12-19(13-11-18)21-8-5-6-9-22(21)26(30)31-3/h5-6,8-15H,4,7,16,27H2,1-3H3. The van der Waals surface area contributed by atoms with Crippen molar-refractivity contribution in [2.75, 3.05) is 12.8 Å². The van der Waals surface area contributed by atoms with E-state index in [0.29, 0.717) is 12.1 Å². The number of rotatable bonds is 6. The number of benzene rings is 3. The van der Waals surface area contributed by atoms with E-state index in [2.05, 4.69) is 42.7 Å². The maximum Gasteiger partial charge on any atom is 0.338 e. The SMILES string of the molecule is CCCc1nc2c(C)cc(N)cc2n1Cc1ccc(-c2ccccc2C(=O)OC)cc1. The maximum atomic E-state index is 12.1. The van der Waals surface area contributed by atoms with Gasteiger partial charge >= 0.3 is 5.97 Å². The zero-order valence-corrected chi connectivity index (χ0v) is 18.2. The molecule has 31 heavy (non-hydrogen) atoms. The van der Waals surface area contributed by atoms with Crippen LogP contribution in [0.4, 0.5) is 5.69 Å². The number of fused-ring (bicyclic) bond motifs is 1. The summed E-state index contributed by atoms with van der Waals surface area (Å²) in [7, 11) is 1.40. The first-order valence-electron chi connectivity index (χ1n) is 10.5. The number of ether oxygens (including phenoxy) is 1. The normalized spacial score (nSPS) is 11.1. The minimum absolute atomic E-state index is 0.332. The van der Waals surface area contributed by atoms with Gasteiger partial charge in [-0.3, -0.25) is 0 Å². The summed E-state index contributed by atoms with van der Waals surface area (Å²) in [4.78, 5) is 17.0. The fraction of sp³-hybridized carbons (Fsp3) is 0.231. The van der Waals surface area contributed by atoms with Gasteiger partial charge in [-0.05, 0) is 53.8 Å². The molecule has 1 heterocycles. The Morgan fingerprint density at radius 3 is 2.55 bits per heavy atom. The monoisotopic (exact) mass is 413 g/mol. The Kier molecular flexibility index (Phi) is 5.76. The molecule has 0 bridgehead atoms. The molecule has 0 unspecified atom stereocenters. The van der Waals surface area contributed by atoms with Gasteiger partial charge in [-0.1, -0.05) is 49.4 Å². The molecule has 0 amide bonds. The first-order chi connectivity index (χ1) is 15.0. The number of nitrogen functional groups attached to an aromatic ring is 1. The number of methoxy groups -OCH3 is 1. The molecule has 0 aliphatic heterocycles. The molecule has 3 aromatic carbocycles. The molecule has 158 valence electrons. The largest absolute Gasteiger partial charge is 0.465 e. The molecular formula is C26H27N3O2. The number of anilines is 1. The molecule has 0 spiro atoms. The van der Waals surface area contributed by atoms with Gasteiger partial charge in [0.05, 0.1) is 23.7 Å². The molecule has 0 saturated carbocycles. The van der Waals surface area contributed by atoms with Crippen LogP contribution < -0.4 is 5.73 Å². The fourth-order valence-corrected chi connectivity index (χ4v) is 4.05. The van der Waals surface area contributed by atoms with E-state index in [1.165, 1.54) is 7.11 Å². The molecule has 2 N–H and O–H groups in total. The van der Waals surface area contributed by atoms with Gasteiger partial charge in [0.15, 0.2) is 0 Å². The third-order valence-corrected chi connectivity index (χ3v) is 5.56. The molecule has 0 aliphatic rings. The molecule has 0 saturated heterocycles. The lowest BCUT2D eigenvalue weighted by Gasteiger charge is -2.12. The van der Waals surface area contributed by atoms with Crippen LogP contribution in [0.15, 0.2) is 60.7 Å². The van der Waals surface area contributed by atoms with Crippen molar-refractivity contribution in [3.63, 3.8) is 0 Å². The summed E-state index contributed by atoms with van der Waals surface area (Å²) in [5, 5.41) is 0. The number of esters is 1. The van der Waals surface area contributed by atoms with E-state index in [-0.39, 0.29) is 5.97 Å². The molecule has 0 fully saturated rings. The number of nitrogens with two attached hydrogens (primary N) is 1. The highest BCUT2D eigenvalue weighted by atomic mass is 16.5. The average Bonchev–Trinajstić information content (AvgIpc) is 3.11. The Labute approximate surface area is 182 Å². The van der Waals surface area contributed by atoms with Crippen molar-refractivity contribution in [1.29, 1.82) is 0 Å². The molecule has 0 radical (unpaired) electrons. The van der Waals surface area contributed by atoms with Crippen molar-refractivity contribution in [1.82, 2.24) is 9.55 Å². The third-order valence-electron chi connectivity index (χ3n) is 5.56. The van der Waals surface area contributed by atoms with Crippen LogP contribution in [0, 0.1) is 6.92 Å². The van der Waals surface area contributed by atoms with Gasteiger partial charge in [0.25, 0.3) is 0 Å². The number of carbonyl (C=O) groups excluding carboxylic acids is 1. The van der Waals surface area contributed by atoms with Gasteiger partial charge in [0.1, 0.15) is 5.82 Å². The van der Waals surface area contributed by atoms with E-state index >= 15 is 0 Å². The van der Waals surface area contributed by atoms with Crippen LogP contribution in [0.25, 0.3) is 22.2 Å². The number of hydrogen-bond donors (Lipinski definition) is 1. The molecule has 4 aromatic rings. The Morgan fingerprint density at radius 2 is 1.84 bits per heavy atom. The predicted molar refractivity (Wildman–Crippen MR) is 125 cm³/mol. The van der Waals surface area contributed by atoms with Crippen LogP contribution >= 0.6 is 0 Å². The minimum Gasteiger partial charge on any atom is -0.465 e. The quantitative estimate of drug-likeness (QED) is 0.340. The van der Waals surface area contributed by atoms with Gasteiger partial charge in [-0.15, -0.1) is 0 Å². The summed E-state index contributed by atoms with van der Waals surface area (Å²) in [5.41, 5.74) is 13.6. The second kappa shape index (κ2) is 8.64. The zero-order chi connectivity index (χ0) is 22.0. The van der Waals surface area contributed by atoms with Gasteiger partial charge in [-0.2, -0.15) is 0 Å². The van der Waals surface area contributed by atoms with Crippen LogP contribution in [0.2, 0.25) is 0 Å². The number of hydrogen-bond acceptors (Lipinski definition) is 4. The topological polar surface area (TPSA) is 70.1 Å². The van der Waals surface area contributed by atoms with Crippen molar-refractivity contribution in [3.8, 4) is 11.1 Å². The summed E-state index contributed by atoms with van der Waals surface area (Å²) >= 11 is 0. The number of aromatic nitrogens is 2. The maximum absolute atomic E-state index is 12.1. The molecule has 0 aliphatic carbocycles. The average molecular weight is 414 g/mol. The van der Waals surface area contributed by atoms with Crippen LogP contribution in [0.5, 0.6) is 0 Å². The van der Waals surface area contributed by atoms with E-state index in [1.54, 1.807) is 6.07 Å². The second-order valence-corrected chi connectivity index (χ2v) is 7.80. The van der Waals surface area contributed by atoms with Gasteiger partial charge < -0.3 is 15.0 Å². The molecule has 5 heteroatoms. The first kappa shape index (κ1) is 20.7. The van der Waals surface area contributed by atoms with Gasteiger partial charge in [0.2, 0.25) is 0 Å². The summed E-state index contributed by atoms with van der Waals surface area (Å²) in [6.45, 7) is 4.94. The highest BCUT2D eigenvalue weighted by Gasteiger charge is 2.15. The Bertz CT molecular complexity index is 1240. The van der Waals surface area contributed by atoms with Crippen LogP contribution in [-0.2, 0) is 17.7 Å². The predicted octanol–water partition coefficient (Wildman–Crippen LogP) is 5.38. The Balaban J connectivity index is 1.70. The van der Waals surface area contributed by atoms with E-state index in [1.807, 2.05) is 30.3 Å². The van der Waals surface area contributed by atoms with Crippen molar-refractivity contribution < 1.29 is 9.53 Å². The number of aryl methyl sites for hydroxylation is 2. The Morgan fingerprint density at radius 1 is 1.10 bits per heavy atom. The zero-order valence-electron chi connectivity index (χ0n) is 18.2. The highest BCUT2D eigenvalue weighted by Crippen LogP contribution is 2.27. The van der Waals surface area contributed by atoms with Crippen molar-refractivity contribution >= 4 is 22.7 Å². The highest BCUT2D eigenvalue weighted by molar-refractivity contribution is 5.97. The van der Waals surface area contributed by atoms with Crippen LogP contribution in [-0.4, -0.2) is 22.6 Å². The molecular weight excluding hydrogens is 386 g/mol. The van der Waals surface area contributed by atoms with Crippen molar-refractivity contribution in [2.45, 2.75) is 33.2 Å². The third kappa shape index (κ3) is 4.04. The summed E-state index contributed by atoms with van der Waals surface area (Å²) in [5.74, 6) is 0.744. The van der Waals surface area contributed by atoms with Crippen molar-refractivity contribution in [2.24, 2.45) is 0 Å². The second-order valence-electron chi connectivity index (χ2n) is 7.80. The lowest BCUT2D eigenvalue weighted by Crippen LogP contribution is -2.06. The van der Waals surface area contributed by atoms with Crippen LogP contribution in [0.3, 0.4) is 0 Å². The smallest absolute Gasteiger partial charge is 0.338 e. The van der Waals surface area contributed by atoms with Crippen LogP contribution in [0.1, 0.15) is 40.7 Å². The molecule has 4 rings (SSSR count). The van der Waals surface area contributed by atoms with E-state index in [4.69, 9.17) is 15.5 Å². The first-order valence-corrected chi connectivity index (χ1v) is 10.5. The number of nitrogens with zero attached hydrogens (tertiary/aromatic N) is 2. The Hall–Kier alpha value is -3.60.